The Morgan fingerprint density at radius 2 is 2.00 bits per heavy atom. The number of ether oxygens (including phenoxy) is 2. The van der Waals surface area contributed by atoms with Crippen LogP contribution in [0.3, 0.4) is 0 Å². The van der Waals surface area contributed by atoms with Crippen LogP contribution in [0.1, 0.15) is 29.0 Å². The number of nitrogen functional groups attached to an aromatic ring is 1. The lowest BCUT2D eigenvalue weighted by atomic mass is 10.0. The Morgan fingerprint density at radius 3 is 2.53 bits per heavy atom. The third-order valence-electron chi connectivity index (χ3n) is 3.82. The Morgan fingerprint density at radius 1 is 1.37 bits per heavy atom. The van der Waals surface area contributed by atoms with Gasteiger partial charge >= 0.3 is 0 Å². The van der Waals surface area contributed by atoms with Gasteiger partial charge in [0, 0.05) is 25.9 Å². The fraction of sp³-hybridized carbons (Fsp3) is 0.667. The lowest BCUT2D eigenvalue weighted by Gasteiger charge is -2.37. The van der Waals surface area contributed by atoms with Gasteiger partial charge < -0.3 is 20.1 Å². The third-order valence-corrected chi connectivity index (χ3v) is 3.82. The number of nitrogens with one attached hydrogen (secondary N) is 1. The van der Waals surface area contributed by atoms with Gasteiger partial charge in [-0.1, -0.05) is 0 Å². The molecular weight excluding hydrogens is 248 g/mol. The molecule has 1 amide bonds. The van der Waals surface area contributed by atoms with Crippen molar-refractivity contribution in [1.82, 2.24) is 15.1 Å². The van der Waals surface area contributed by atoms with Gasteiger partial charge in [0.15, 0.2) is 11.5 Å². The van der Waals surface area contributed by atoms with E-state index < -0.39 is 5.79 Å². The molecule has 104 valence electrons. The van der Waals surface area contributed by atoms with Crippen LogP contribution in [0.15, 0.2) is 0 Å². The van der Waals surface area contributed by atoms with Crippen LogP contribution in [0.5, 0.6) is 0 Å². The molecule has 2 aliphatic rings. The summed E-state index contributed by atoms with van der Waals surface area (Å²) in [5.41, 5.74) is 7.29. The van der Waals surface area contributed by atoms with Crippen molar-refractivity contribution in [3.8, 4) is 0 Å². The predicted octanol–water partition coefficient (Wildman–Crippen LogP) is 0.279. The quantitative estimate of drug-likeness (QED) is 0.761. The Hall–Kier alpha value is -1.60. The lowest BCUT2D eigenvalue weighted by molar-refractivity contribution is -0.181. The molecule has 0 bridgehead atoms. The van der Waals surface area contributed by atoms with Crippen LogP contribution in [0, 0.1) is 6.92 Å². The Balaban J connectivity index is 1.68. The molecule has 2 fully saturated rings. The summed E-state index contributed by atoms with van der Waals surface area (Å²) in [5.74, 6) is -0.598. The van der Waals surface area contributed by atoms with E-state index >= 15 is 0 Å². The van der Waals surface area contributed by atoms with Crippen molar-refractivity contribution in [1.29, 1.82) is 0 Å². The SMILES string of the molecule is Cc1[nH]nc(C(=O)N2CCC3(CC2)OCCO3)c1N. The highest BCUT2D eigenvalue weighted by atomic mass is 16.7. The topological polar surface area (TPSA) is 93.5 Å². The van der Waals surface area contributed by atoms with Crippen LogP contribution < -0.4 is 5.73 Å². The molecule has 19 heavy (non-hydrogen) atoms. The number of H-pyrrole nitrogens is 1. The molecule has 7 heteroatoms. The number of aryl methyl sites for hydroxylation is 1. The van der Waals surface area contributed by atoms with Gasteiger partial charge in [0.2, 0.25) is 0 Å². The lowest BCUT2D eigenvalue weighted by Crippen LogP contribution is -2.47. The van der Waals surface area contributed by atoms with E-state index in [9.17, 15) is 4.79 Å². The van der Waals surface area contributed by atoms with Crippen molar-refractivity contribution in [3.63, 3.8) is 0 Å². The molecule has 1 aromatic heterocycles. The number of rotatable bonds is 1. The number of hydrogen-bond acceptors (Lipinski definition) is 5. The maximum atomic E-state index is 12.3. The summed E-state index contributed by atoms with van der Waals surface area (Å²) in [4.78, 5) is 14.1. The highest BCUT2D eigenvalue weighted by Gasteiger charge is 2.41. The summed E-state index contributed by atoms with van der Waals surface area (Å²) in [6.45, 7) is 4.28. The molecule has 0 saturated carbocycles. The highest BCUT2D eigenvalue weighted by molar-refractivity contribution is 5.97. The molecule has 2 saturated heterocycles. The highest BCUT2D eigenvalue weighted by Crippen LogP contribution is 2.32. The summed E-state index contributed by atoms with van der Waals surface area (Å²) >= 11 is 0. The molecule has 1 spiro atoms. The van der Waals surface area contributed by atoms with E-state index in [1.54, 1.807) is 11.8 Å². The average molecular weight is 266 g/mol. The minimum Gasteiger partial charge on any atom is -0.395 e. The van der Waals surface area contributed by atoms with Gasteiger partial charge in [-0.3, -0.25) is 9.89 Å². The first-order chi connectivity index (χ1) is 9.11. The molecule has 0 aromatic carbocycles. The van der Waals surface area contributed by atoms with Crippen LogP contribution in [0.2, 0.25) is 0 Å². The van der Waals surface area contributed by atoms with Crippen molar-refractivity contribution < 1.29 is 14.3 Å². The van der Waals surface area contributed by atoms with Gasteiger partial charge in [0.25, 0.3) is 5.91 Å². The molecule has 3 N–H and O–H groups in total. The standard InChI is InChI=1S/C12H18N4O3/c1-8-9(13)10(15-14-8)11(17)16-4-2-12(3-5-16)18-6-7-19-12/h2-7,13H2,1H3,(H,14,15). The van der Waals surface area contributed by atoms with E-state index in [-0.39, 0.29) is 5.91 Å². The summed E-state index contributed by atoms with van der Waals surface area (Å²) < 4.78 is 11.3. The van der Waals surface area contributed by atoms with E-state index in [0.717, 1.165) is 5.69 Å². The first-order valence-electron chi connectivity index (χ1n) is 6.49. The van der Waals surface area contributed by atoms with E-state index in [4.69, 9.17) is 15.2 Å². The first kappa shape index (κ1) is 12.4. The molecule has 0 unspecified atom stereocenters. The average Bonchev–Trinajstić information content (AvgIpc) is 2.99. The maximum Gasteiger partial charge on any atom is 0.276 e. The third kappa shape index (κ3) is 2.08. The zero-order valence-electron chi connectivity index (χ0n) is 10.9. The number of likely N-dealkylation sites (tertiary alicyclic amines) is 1. The summed E-state index contributed by atoms with van der Waals surface area (Å²) in [5, 5.41) is 6.71. The zero-order valence-corrected chi connectivity index (χ0v) is 10.9. The van der Waals surface area contributed by atoms with Crippen LogP contribution in [0.25, 0.3) is 0 Å². The Labute approximate surface area is 111 Å². The largest absolute Gasteiger partial charge is 0.395 e. The summed E-state index contributed by atoms with van der Waals surface area (Å²) in [6, 6.07) is 0. The number of hydrogen-bond donors (Lipinski definition) is 2. The van der Waals surface area contributed by atoms with E-state index in [1.165, 1.54) is 0 Å². The van der Waals surface area contributed by atoms with E-state index in [2.05, 4.69) is 10.2 Å². The van der Waals surface area contributed by atoms with Gasteiger partial charge in [-0.25, -0.2) is 0 Å². The molecule has 1 aromatic rings. The minimum atomic E-state index is -0.468. The second-order valence-corrected chi connectivity index (χ2v) is 5.01. The number of nitrogens with zero attached hydrogens (tertiary/aromatic N) is 2. The van der Waals surface area contributed by atoms with Crippen molar-refractivity contribution in [2.45, 2.75) is 25.6 Å². The smallest absolute Gasteiger partial charge is 0.276 e. The number of piperidine rings is 1. The normalized spacial score (nSPS) is 22.1. The van der Waals surface area contributed by atoms with Crippen LogP contribution in [0.4, 0.5) is 5.69 Å². The zero-order chi connectivity index (χ0) is 13.5. The Bertz CT molecular complexity index is 483. The maximum absolute atomic E-state index is 12.3. The first-order valence-corrected chi connectivity index (χ1v) is 6.49. The number of aromatic nitrogens is 2. The predicted molar refractivity (Wildman–Crippen MR) is 67.5 cm³/mol. The van der Waals surface area contributed by atoms with Crippen molar-refractivity contribution in [2.24, 2.45) is 0 Å². The Kier molecular flexibility index (Phi) is 2.94. The van der Waals surface area contributed by atoms with Gasteiger partial charge in [-0.05, 0) is 6.92 Å². The number of carbonyl (C=O) groups excluding carboxylic acids is 1. The molecule has 0 aliphatic carbocycles. The molecule has 3 rings (SSSR count). The van der Waals surface area contributed by atoms with Gasteiger partial charge in [0.1, 0.15) is 0 Å². The fourth-order valence-corrected chi connectivity index (χ4v) is 2.59. The number of amides is 1. The minimum absolute atomic E-state index is 0.130. The number of aromatic amines is 1. The van der Waals surface area contributed by atoms with Crippen molar-refractivity contribution >= 4 is 11.6 Å². The summed E-state index contributed by atoms with van der Waals surface area (Å²) in [7, 11) is 0. The number of carbonyl (C=O) groups is 1. The summed E-state index contributed by atoms with van der Waals surface area (Å²) in [6.07, 6.45) is 1.39. The van der Waals surface area contributed by atoms with Crippen LogP contribution in [-0.4, -0.2) is 53.1 Å². The van der Waals surface area contributed by atoms with Crippen molar-refractivity contribution in [3.05, 3.63) is 11.4 Å². The van der Waals surface area contributed by atoms with Crippen LogP contribution in [-0.2, 0) is 9.47 Å². The monoisotopic (exact) mass is 266 g/mol. The van der Waals surface area contributed by atoms with Crippen molar-refractivity contribution in [2.75, 3.05) is 32.0 Å². The van der Waals surface area contributed by atoms with E-state index in [0.29, 0.717) is 50.5 Å². The van der Waals surface area contributed by atoms with Crippen LogP contribution >= 0.6 is 0 Å². The number of anilines is 1. The molecule has 2 aliphatic heterocycles. The second kappa shape index (κ2) is 4.50. The number of nitrogens with two attached hydrogens (primary N) is 1. The van der Waals surface area contributed by atoms with E-state index in [1.807, 2.05) is 0 Å². The molecule has 3 heterocycles. The molecule has 7 nitrogen and oxygen atoms in total. The molecule has 0 atom stereocenters. The van der Waals surface area contributed by atoms with Gasteiger partial charge in [-0.2, -0.15) is 5.10 Å². The fourth-order valence-electron chi connectivity index (χ4n) is 2.59. The molecule has 0 radical (unpaired) electrons. The molecular formula is C12H18N4O3. The second-order valence-electron chi connectivity index (χ2n) is 5.01. The van der Waals surface area contributed by atoms with Gasteiger partial charge in [-0.15, -0.1) is 0 Å². The van der Waals surface area contributed by atoms with Gasteiger partial charge in [0.05, 0.1) is 24.6 Å².